The number of nitrogens with zero attached hydrogens (tertiary/aromatic N) is 2. The molecule has 0 aliphatic rings. The summed E-state index contributed by atoms with van der Waals surface area (Å²) < 4.78 is 1.39. The largest absolute Gasteiger partial charge is 0.481 e. The van der Waals surface area contributed by atoms with Gasteiger partial charge in [0.2, 0.25) is 0 Å². The Morgan fingerprint density at radius 2 is 2.38 bits per heavy atom. The van der Waals surface area contributed by atoms with Gasteiger partial charge in [-0.25, -0.2) is 0 Å². The first-order valence-corrected chi connectivity index (χ1v) is 4.05. The molecule has 0 aliphatic carbocycles. The molecule has 0 saturated carbocycles. The van der Waals surface area contributed by atoms with Gasteiger partial charge in [0.1, 0.15) is 0 Å². The third kappa shape index (κ3) is 2.43. The highest BCUT2D eigenvalue weighted by Gasteiger charge is 2.11. The highest BCUT2D eigenvalue weighted by molar-refractivity contribution is 6.31. The summed E-state index contributed by atoms with van der Waals surface area (Å²) in [5, 5.41) is 21.3. The molecule has 0 radical (unpaired) electrons. The minimum Gasteiger partial charge on any atom is -0.481 e. The third-order valence-corrected chi connectivity index (χ3v) is 1.84. The number of halogens is 1. The van der Waals surface area contributed by atoms with Gasteiger partial charge in [0.25, 0.3) is 0 Å². The normalized spacial score (nSPS) is 10.3. The molecule has 13 heavy (non-hydrogen) atoms. The molecule has 1 rings (SSSR count). The highest BCUT2D eigenvalue weighted by atomic mass is 35.5. The molecule has 2 N–H and O–H groups in total. The SMILES string of the molecule is O=C(O)Cc1c(Cl)cnn1CCO. The van der Waals surface area contributed by atoms with Gasteiger partial charge in [0.15, 0.2) is 0 Å². The van der Waals surface area contributed by atoms with Gasteiger partial charge in [0.05, 0.1) is 36.5 Å². The number of aliphatic hydroxyl groups excluding tert-OH is 1. The lowest BCUT2D eigenvalue weighted by Gasteiger charge is -2.02. The van der Waals surface area contributed by atoms with Crippen LogP contribution in [0, 0.1) is 0 Å². The van der Waals surface area contributed by atoms with Crippen molar-refractivity contribution in [3.8, 4) is 0 Å². The van der Waals surface area contributed by atoms with Crippen molar-refractivity contribution in [2.45, 2.75) is 13.0 Å². The van der Waals surface area contributed by atoms with Crippen molar-refractivity contribution >= 4 is 17.6 Å². The van der Waals surface area contributed by atoms with Gasteiger partial charge in [-0.05, 0) is 0 Å². The summed E-state index contributed by atoms with van der Waals surface area (Å²) in [4.78, 5) is 10.4. The molecule has 0 aromatic carbocycles. The van der Waals surface area contributed by atoms with E-state index in [1.54, 1.807) is 0 Å². The average Bonchev–Trinajstić information content (AvgIpc) is 2.36. The molecule has 5 nitrogen and oxygen atoms in total. The topological polar surface area (TPSA) is 75.3 Å². The van der Waals surface area contributed by atoms with Crippen LogP contribution in [-0.4, -0.2) is 32.6 Å². The van der Waals surface area contributed by atoms with Crippen molar-refractivity contribution < 1.29 is 15.0 Å². The van der Waals surface area contributed by atoms with Crippen LogP contribution < -0.4 is 0 Å². The summed E-state index contributed by atoms with van der Waals surface area (Å²) in [7, 11) is 0. The van der Waals surface area contributed by atoms with Crippen LogP contribution in [0.1, 0.15) is 5.69 Å². The number of carboxylic acids is 1. The van der Waals surface area contributed by atoms with Gasteiger partial charge in [-0.2, -0.15) is 5.10 Å². The molecule has 0 amide bonds. The van der Waals surface area contributed by atoms with Crippen LogP contribution >= 0.6 is 11.6 Å². The van der Waals surface area contributed by atoms with Crippen molar-refractivity contribution in [1.82, 2.24) is 9.78 Å². The molecule has 0 fully saturated rings. The minimum absolute atomic E-state index is 0.0926. The van der Waals surface area contributed by atoms with E-state index >= 15 is 0 Å². The zero-order chi connectivity index (χ0) is 9.84. The van der Waals surface area contributed by atoms with Crippen LogP contribution in [0.25, 0.3) is 0 Å². The monoisotopic (exact) mass is 204 g/mol. The fourth-order valence-corrected chi connectivity index (χ4v) is 1.20. The van der Waals surface area contributed by atoms with Crippen molar-refractivity contribution in [2.75, 3.05) is 6.61 Å². The zero-order valence-corrected chi connectivity index (χ0v) is 7.53. The number of aliphatic hydroxyl groups is 1. The first kappa shape index (κ1) is 10.0. The molecule has 0 bridgehead atoms. The Balaban J connectivity index is 2.87. The second-order valence-corrected chi connectivity index (χ2v) is 2.86. The fraction of sp³-hybridized carbons (Fsp3) is 0.429. The molecule has 0 atom stereocenters. The lowest BCUT2D eigenvalue weighted by atomic mass is 10.3. The Hall–Kier alpha value is -1.07. The summed E-state index contributed by atoms with van der Waals surface area (Å²) >= 11 is 5.70. The van der Waals surface area contributed by atoms with Gasteiger partial charge in [-0.3, -0.25) is 9.48 Å². The van der Waals surface area contributed by atoms with Crippen molar-refractivity contribution in [3.05, 3.63) is 16.9 Å². The number of rotatable bonds is 4. The lowest BCUT2D eigenvalue weighted by molar-refractivity contribution is -0.136. The highest BCUT2D eigenvalue weighted by Crippen LogP contribution is 2.15. The number of aromatic nitrogens is 2. The maximum Gasteiger partial charge on any atom is 0.309 e. The smallest absolute Gasteiger partial charge is 0.309 e. The summed E-state index contributed by atoms with van der Waals surface area (Å²) in [6, 6.07) is 0. The van der Waals surface area contributed by atoms with E-state index in [4.69, 9.17) is 21.8 Å². The Kier molecular flexibility index (Phi) is 3.27. The Labute approximate surface area is 79.6 Å². The van der Waals surface area contributed by atoms with E-state index in [1.165, 1.54) is 10.9 Å². The van der Waals surface area contributed by atoms with Crippen LogP contribution in [-0.2, 0) is 17.8 Å². The predicted molar refractivity (Wildman–Crippen MR) is 45.7 cm³/mol. The maximum absolute atomic E-state index is 10.4. The third-order valence-electron chi connectivity index (χ3n) is 1.53. The molecule has 72 valence electrons. The molecule has 1 aromatic rings. The van der Waals surface area contributed by atoms with Crippen LogP contribution in [0.4, 0.5) is 0 Å². The summed E-state index contributed by atoms with van der Waals surface area (Å²) in [6.45, 7) is 0.167. The van der Waals surface area contributed by atoms with Crippen LogP contribution in [0.15, 0.2) is 6.20 Å². The van der Waals surface area contributed by atoms with Gasteiger partial charge < -0.3 is 10.2 Å². The predicted octanol–water partition coefficient (Wildman–Crippen LogP) is 0.156. The number of carboxylic acid groups (broad SMARTS) is 1. The summed E-state index contributed by atoms with van der Waals surface area (Å²) in [5.41, 5.74) is 0.420. The van der Waals surface area contributed by atoms with E-state index in [2.05, 4.69) is 5.10 Å². The molecule has 0 unspecified atom stereocenters. The zero-order valence-electron chi connectivity index (χ0n) is 6.77. The summed E-state index contributed by atoms with van der Waals surface area (Å²) in [6.07, 6.45) is 1.19. The first-order chi connectivity index (χ1) is 6.15. The number of carbonyl (C=O) groups is 1. The van der Waals surface area contributed by atoms with Gasteiger partial charge in [-0.1, -0.05) is 11.6 Å². The lowest BCUT2D eigenvalue weighted by Crippen LogP contribution is -2.11. The van der Waals surface area contributed by atoms with E-state index in [1.807, 2.05) is 0 Å². The Bertz CT molecular complexity index is 311. The second-order valence-electron chi connectivity index (χ2n) is 2.46. The summed E-state index contributed by atoms with van der Waals surface area (Å²) in [5.74, 6) is -0.971. The van der Waals surface area contributed by atoms with Crippen molar-refractivity contribution in [3.63, 3.8) is 0 Å². The van der Waals surface area contributed by atoms with Crippen LogP contribution in [0.3, 0.4) is 0 Å². The molecule has 6 heteroatoms. The standard InChI is InChI=1S/C7H9ClN2O3/c8-5-4-9-10(1-2-11)6(5)3-7(12)13/h4,11H,1-3H2,(H,12,13). The van der Waals surface area contributed by atoms with E-state index in [-0.39, 0.29) is 19.6 Å². The fourth-order valence-electron chi connectivity index (χ4n) is 0.994. The first-order valence-electron chi connectivity index (χ1n) is 3.68. The van der Waals surface area contributed by atoms with E-state index in [9.17, 15) is 4.79 Å². The molecular weight excluding hydrogens is 196 g/mol. The number of hydrogen-bond donors (Lipinski definition) is 2. The number of hydrogen-bond acceptors (Lipinski definition) is 3. The quantitative estimate of drug-likeness (QED) is 0.733. The minimum atomic E-state index is -0.971. The van der Waals surface area contributed by atoms with E-state index in [0.717, 1.165) is 0 Å². The van der Waals surface area contributed by atoms with Gasteiger partial charge in [0, 0.05) is 0 Å². The Morgan fingerprint density at radius 3 is 2.92 bits per heavy atom. The molecule has 0 saturated heterocycles. The molecule has 1 aromatic heterocycles. The van der Waals surface area contributed by atoms with E-state index in [0.29, 0.717) is 10.7 Å². The van der Waals surface area contributed by atoms with Gasteiger partial charge >= 0.3 is 5.97 Å². The molecular formula is C7H9ClN2O3. The van der Waals surface area contributed by atoms with Crippen LogP contribution in [0.2, 0.25) is 5.02 Å². The molecule has 0 spiro atoms. The van der Waals surface area contributed by atoms with Gasteiger partial charge in [-0.15, -0.1) is 0 Å². The molecule has 1 heterocycles. The van der Waals surface area contributed by atoms with Crippen molar-refractivity contribution in [1.29, 1.82) is 0 Å². The average molecular weight is 205 g/mol. The number of aliphatic carboxylic acids is 1. The Morgan fingerprint density at radius 1 is 1.69 bits per heavy atom. The maximum atomic E-state index is 10.4. The van der Waals surface area contributed by atoms with Crippen LogP contribution in [0.5, 0.6) is 0 Å². The van der Waals surface area contributed by atoms with E-state index < -0.39 is 5.97 Å². The second kappa shape index (κ2) is 4.25. The molecule has 0 aliphatic heterocycles. The van der Waals surface area contributed by atoms with Crippen molar-refractivity contribution in [2.24, 2.45) is 0 Å².